The molecule has 0 aliphatic heterocycles. The highest BCUT2D eigenvalue weighted by Crippen LogP contribution is 2.18. The Morgan fingerprint density at radius 2 is 1.85 bits per heavy atom. The Morgan fingerprint density at radius 3 is 2.50 bits per heavy atom. The van der Waals surface area contributed by atoms with Crippen molar-refractivity contribution in [2.75, 3.05) is 6.54 Å². The van der Waals surface area contributed by atoms with Gasteiger partial charge in [-0.2, -0.15) is 5.10 Å². The maximum Gasteiger partial charge on any atom is 0.303 e. The number of hydrogen-bond acceptors (Lipinski definition) is 3. The lowest BCUT2D eigenvalue weighted by Crippen LogP contribution is -2.26. The number of carbonyl (C=O) groups is 2. The maximum absolute atomic E-state index is 13.1. The van der Waals surface area contributed by atoms with Crippen LogP contribution in [0, 0.1) is 19.7 Å². The van der Waals surface area contributed by atoms with Crippen LogP contribution in [0.4, 0.5) is 4.39 Å². The van der Waals surface area contributed by atoms with Gasteiger partial charge >= 0.3 is 5.97 Å². The molecule has 0 saturated carbocycles. The van der Waals surface area contributed by atoms with Crippen molar-refractivity contribution in [3.63, 3.8) is 0 Å². The number of carboxylic acid groups (broad SMARTS) is 1. The van der Waals surface area contributed by atoms with Crippen molar-refractivity contribution in [3.05, 3.63) is 47.0 Å². The largest absolute Gasteiger partial charge is 0.481 e. The summed E-state index contributed by atoms with van der Waals surface area (Å²) < 4.78 is 14.8. The number of nitrogens with one attached hydrogen (secondary N) is 1. The quantitative estimate of drug-likeness (QED) is 0.673. The highest BCUT2D eigenvalue weighted by Gasteiger charge is 2.15. The predicted molar refractivity (Wildman–Crippen MR) is 95.8 cm³/mol. The van der Waals surface area contributed by atoms with E-state index < -0.39 is 5.97 Å². The fourth-order valence-electron chi connectivity index (χ4n) is 2.79. The van der Waals surface area contributed by atoms with E-state index in [1.54, 1.807) is 16.8 Å². The molecule has 0 aliphatic carbocycles. The molecule has 2 N–H and O–H groups in total. The molecule has 1 amide bonds. The minimum absolute atomic E-state index is 0.0897. The summed E-state index contributed by atoms with van der Waals surface area (Å²) in [4.78, 5) is 22.6. The Labute approximate surface area is 152 Å². The van der Waals surface area contributed by atoms with E-state index in [0.29, 0.717) is 13.0 Å². The number of aryl methyl sites for hydroxylation is 1. The molecule has 0 unspecified atom stereocenters. The molecule has 140 valence electrons. The second-order valence-electron chi connectivity index (χ2n) is 6.27. The van der Waals surface area contributed by atoms with E-state index in [4.69, 9.17) is 5.11 Å². The standard InChI is InChI=1S/C19H24FN3O3/c1-13-17(12-18(24)21-11-5-3-4-6-19(25)26)14(2)23(22-13)16-9-7-15(20)8-10-16/h7-10H,3-6,11-12H2,1-2H3,(H,21,24)(H,25,26). The first-order valence-electron chi connectivity index (χ1n) is 8.68. The van der Waals surface area contributed by atoms with E-state index in [1.807, 2.05) is 13.8 Å². The summed E-state index contributed by atoms with van der Waals surface area (Å²) in [6.45, 7) is 4.27. The number of rotatable bonds is 9. The van der Waals surface area contributed by atoms with Crippen LogP contribution in [0.1, 0.15) is 42.6 Å². The van der Waals surface area contributed by atoms with Crippen molar-refractivity contribution >= 4 is 11.9 Å². The molecule has 0 spiro atoms. The molecule has 2 rings (SSSR count). The number of benzene rings is 1. The van der Waals surface area contributed by atoms with Gasteiger partial charge in [-0.3, -0.25) is 9.59 Å². The number of carbonyl (C=O) groups excluding carboxylic acids is 1. The molecular formula is C19H24FN3O3. The second kappa shape index (κ2) is 9.12. The molecule has 0 aliphatic rings. The molecule has 0 radical (unpaired) electrons. The zero-order valence-electron chi connectivity index (χ0n) is 15.1. The number of aromatic nitrogens is 2. The fourth-order valence-corrected chi connectivity index (χ4v) is 2.79. The molecule has 0 atom stereocenters. The minimum Gasteiger partial charge on any atom is -0.481 e. The van der Waals surface area contributed by atoms with Gasteiger partial charge in [0.15, 0.2) is 0 Å². The van der Waals surface area contributed by atoms with Crippen LogP contribution in [0.5, 0.6) is 0 Å². The number of aliphatic carboxylic acids is 1. The topological polar surface area (TPSA) is 84.2 Å². The highest BCUT2D eigenvalue weighted by atomic mass is 19.1. The normalized spacial score (nSPS) is 10.7. The van der Waals surface area contributed by atoms with E-state index in [9.17, 15) is 14.0 Å². The lowest BCUT2D eigenvalue weighted by atomic mass is 10.1. The molecule has 6 nitrogen and oxygen atoms in total. The van der Waals surface area contributed by atoms with Gasteiger partial charge in [0.05, 0.1) is 17.8 Å². The zero-order chi connectivity index (χ0) is 19.1. The summed E-state index contributed by atoms with van der Waals surface area (Å²) in [5.74, 6) is -1.19. The Kier molecular flexibility index (Phi) is 6.89. The number of unbranched alkanes of at least 4 members (excludes halogenated alkanes) is 2. The number of amides is 1. The molecular weight excluding hydrogens is 337 g/mol. The molecule has 26 heavy (non-hydrogen) atoms. The van der Waals surface area contributed by atoms with Crippen molar-refractivity contribution in [2.24, 2.45) is 0 Å². The van der Waals surface area contributed by atoms with Crippen molar-refractivity contribution < 1.29 is 19.1 Å². The first-order chi connectivity index (χ1) is 12.4. The van der Waals surface area contributed by atoms with Gasteiger partial charge < -0.3 is 10.4 Å². The van der Waals surface area contributed by atoms with E-state index >= 15 is 0 Å². The molecule has 2 aromatic rings. The summed E-state index contributed by atoms with van der Waals surface area (Å²) in [6, 6.07) is 6.05. The minimum atomic E-state index is -0.793. The van der Waals surface area contributed by atoms with E-state index in [2.05, 4.69) is 10.4 Å². The number of hydrogen-bond donors (Lipinski definition) is 2. The van der Waals surface area contributed by atoms with Crippen LogP contribution in [-0.4, -0.2) is 33.3 Å². The van der Waals surface area contributed by atoms with E-state index in [1.165, 1.54) is 12.1 Å². The Hall–Kier alpha value is -2.70. The average molecular weight is 361 g/mol. The SMILES string of the molecule is Cc1nn(-c2ccc(F)cc2)c(C)c1CC(=O)NCCCCCC(=O)O. The van der Waals surface area contributed by atoms with Crippen LogP contribution in [0.25, 0.3) is 5.69 Å². The summed E-state index contributed by atoms with van der Waals surface area (Å²) in [5.41, 5.74) is 3.23. The number of nitrogens with zero attached hydrogens (tertiary/aromatic N) is 2. The molecule has 0 fully saturated rings. The van der Waals surface area contributed by atoms with E-state index in [-0.39, 0.29) is 24.6 Å². The van der Waals surface area contributed by atoms with Gasteiger partial charge in [-0.1, -0.05) is 6.42 Å². The zero-order valence-corrected chi connectivity index (χ0v) is 15.1. The molecule has 0 bridgehead atoms. The molecule has 1 heterocycles. The lowest BCUT2D eigenvalue weighted by Gasteiger charge is -2.07. The van der Waals surface area contributed by atoms with Crippen molar-refractivity contribution in [2.45, 2.75) is 46.0 Å². The van der Waals surface area contributed by atoms with Gasteiger partial charge in [0.25, 0.3) is 0 Å². The van der Waals surface area contributed by atoms with Crippen molar-refractivity contribution in [1.82, 2.24) is 15.1 Å². The first-order valence-corrected chi connectivity index (χ1v) is 8.68. The van der Waals surface area contributed by atoms with Crippen LogP contribution < -0.4 is 5.32 Å². The third kappa shape index (κ3) is 5.40. The smallest absolute Gasteiger partial charge is 0.303 e. The van der Waals surface area contributed by atoms with E-state index in [0.717, 1.165) is 35.5 Å². The van der Waals surface area contributed by atoms with Crippen molar-refractivity contribution in [1.29, 1.82) is 0 Å². The monoisotopic (exact) mass is 361 g/mol. The number of halogens is 1. The molecule has 1 aromatic heterocycles. The summed E-state index contributed by atoms with van der Waals surface area (Å²) in [5, 5.41) is 15.9. The fraction of sp³-hybridized carbons (Fsp3) is 0.421. The van der Waals surface area contributed by atoms with Gasteiger partial charge in [-0.25, -0.2) is 9.07 Å². The third-order valence-electron chi connectivity index (χ3n) is 4.24. The highest BCUT2D eigenvalue weighted by molar-refractivity contribution is 5.79. The molecule has 0 saturated heterocycles. The number of carboxylic acids is 1. The Bertz CT molecular complexity index is 769. The van der Waals surface area contributed by atoms with Crippen LogP contribution in [0.15, 0.2) is 24.3 Å². The van der Waals surface area contributed by atoms with Gasteiger partial charge in [-0.15, -0.1) is 0 Å². The molecule has 1 aromatic carbocycles. The Morgan fingerprint density at radius 1 is 1.15 bits per heavy atom. The molecule has 7 heteroatoms. The van der Waals surface area contributed by atoms with Gasteiger partial charge in [-0.05, 0) is 51.0 Å². The first kappa shape index (κ1) is 19.6. The summed E-state index contributed by atoms with van der Waals surface area (Å²) in [6.07, 6.45) is 2.54. The van der Waals surface area contributed by atoms with Crippen LogP contribution in [-0.2, 0) is 16.0 Å². The second-order valence-corrected chi connectivity index (χ2v) is 6.27. The van der Waals surface area contributed by atoms with Crippen LogP contribution >= 0.6 is 0 Å². The van der Waals surface area contributed by atoms with Gasteiger partial charge in [0, 0.05) is 24.2 Å². The average Bonchev–Trinajstić information content (AvgIpc) is 2.86. The maximum atomic E-state index is 13.1. The lowest BCUT2D eigenvalue weighted by molar-refractivity contribution is -0.137. The Balaban J connectivity index is 1.90. The third-order valence-corrected chi connectivity index (χ3v) is 4.24. The van der Waals surface area contributed by atoms with Gasteiger partial charge in [0.2, 0.25) is 5.91 Å². The predicted octanol–water partition coefficient (Wildman–Crippen LogP) is 2.93. The van der Waals surface area contributed by atoms with Crippen molar-refractivity contribution in [3.8, 4) is 5.69 Å². The summed E-state index contributed by atoms with van der Waals surface area (Å²) in [7, 11) is 0. The van der Waals surface area contributed by atoms with Crippen LogP contribution in [0.2, 0.25) is 0 Å². The van der Waals surface area contributed by atoms with Crippen LogP contribution in [0.3, 0.4) is 0 Å². The van der Waals surface area contributed by atoms with Gasteiger partial charge in [0.1, 0.15) is 5.82 Å². The summed E-state index contributed by atoms with van der Waals surface area (Å²) >= 11 is 0.